The molecule has 1 atom stereocenters. The Balaban J connectivity index is 2.12. The molecule has 2 heteroatoms. The summed E-state index contributed by atoms with van der Waals surface area (Å²) in [6, 6.07) is 14.8. The minimum absolute atomic E-state index is 0.0462. The van der Waals surface area contributed by atoms with Gasteiger partial charge in [0.2, 0.25) is 0 Å². The van der Waals surface area contributed by atoms with Gasteiger partial charge < -0.3 is 5.73 Å². The van der Waals surface area contributed by atoms with Gasteiger partial charge in [0, 0.05) is 29.8 Å². The van der Waals surface area contributed by atoms with Gasteiger partial charge in [0.05, 0.1) is 0 Å². The van der Waals surface area contributed by atoms with Crippen molar-refractivity contribution >= 4 is 0 Å². The summed E-state index contributed by atoms with van der Waals surface area (Å²) in [5.41, 5.74) is 10.00. The van der Waals surface area contributed by atoms with Crippen molar-refractivity contribution in [2.45, 2.75) is 45.1 Å². The third-order valence-corrected chi connectivity index (χ3v) is 4.17. The van der Waals surface area contributed by atoms with Crippen molar-refractivity contribution in [1.82, 2.24) is 4.98 Å². The van der Waals surface area contributed by atoms with E-state index in [1.165, 1.54) is 11.1 Å². The van der Waals surface area contributed by atoms with Crippen molar-refractivity contribution in [3.63, 3.8) is 0 Å². The van der Waals surface area contributed by atoms with Gasteiger partial charge in [-0.3, -0.25) is 4.98 Å². The summed E-state index contributed by atoms with van der Waals surface area (Å²) >= 11 is 0. The first-order valence-corrected chi connectivity index (χ1v) is 7.29. The highest BCUT2D eigenvalue weighted by Gasteiger charge is 2.28. The molecular formula is C18H24N2. The van der Waals surface area contributed by atoms with Crippen molar-refractivity contribution in [1.29, 1.82) is 0 Å². The third-order valence-electron chi connectivity index (χ3n) is 4.17. The Morgan fingerprint density at radius 1 is 1.10 bits per heavy atom. The predicted molar refractivity (Wildman–Crippen MR) is 84.8 cm³/mol. The number of nitrogens with zero attached hydrogens (tertiary/aromatic N) is 1. The summed E-state index contributed by atoms with van der Waals surface area (Å²) in [6.07, 6.45) is 3.78. The number of nitrogens with two attached hydrogens (primary N) is 1. The number of benzene rings is 1. The second-order valence-electron chi connectivity index (χ2n) is 5.91. The first-order chi connectivity index (χ1) is 9.54. The Kier molecular flexibility index (Phi) is 4.56. The average molecular weight is 268 g/mol. The summed E-state index contributed by atoms with van der Waals surface area (Å²) in [4.78, 5) is 4.52. The fraction of sp³-hybridized carbons (Fsp3) is 0.389. The van der Waals surface area contributed by atoms with E-state index in [1.54, 1.807) is 0 Å². The van der Waals surface area contributed by atoms with Crippen LogP contribution in [0.2, 0.25) is 0 Å². The van der Waals surface area contributed by atoms with Crippen LogP contribution in [0.3, 0.4) is 0 Å². The van der Waals surface area contributed by atoms with E-state index >= 15 is 0 Å². The summed E-state index contributed by atoms with van der Waals surface area (Å²) in [5.74, 6) is 0. The lowest BCUT2D eigenvalue weighted by Crippen LogP contribution is -2.42. The van der Waals surface area contributed by atoms with Crippen LogP contribution in [0.15, 0.2) is 48.7 Å². The molecule has 0 fully saturated rings. The molecule has 0 aliphatic carbocycles. The smallest absolute Gasteiger partial charge is 0.0419 e. The van der Waals surface area contributed by atoms with Gasteiger partial charge >= 0.3 is 0 Å². The molecule has 1 aromatic carbocycles. The fourth-order valence-corrected chi connectivity index (χ4v) is 2.35. The van der Waals surface area contributed by atoms with E-state index in [-0.39, 0.29) is 11.5 Å². The van der Waals surface area contributed by atoms with Crippen molar-refractivity contribution in [3.05, 3.63) is 65.5 Å². The Labute approximate surface area is 122 Å². The van der Waals surface area contributed by atoms with Crippen molar-refractivity contribution in [3.8, 4) is 0 Å². The maximum absolute atomic E-state index is 6.45. The highest BCUT2D eigenvalue weighted by molar-refractivity contribution is 5.26. The standard InChI is InChI=1S/C18H24N2/c1-4-14-10-11-16(20-13-14)12-17(19)18(2,3)15-8-6-5-7-9-15/h5-11,13,17H,4,12,19H2,1-3H3. The van der Waals surface area contributed by atoms with Crippen LogP contribution in [-0.4, -0.2) is 11.0 Å². The summed E-state index contributed by atoms with van der Waals surface area (Å²) in [6.45, 7) is 6.54. The van der Waals surface area contributed by atoms with Gasteiger partial charge in [-0.1, -0.05) is 57.2 Å². The van der Waals surface area contributed by atoms with Crippen LogP contribution < -0.4 is 5.73 Å². The number of aromatic nitrogens is 1. The molecule has 20 heavy (non-hydrogen) atoms. The summed E-state index contributed by atoms with van der Waals surface area (Å²) in [7, 11) is 0. The van der Waals surface area contributed by atoms with Crippen LogP contribution in [-0.2, 0) is 18.3 Å². The summed E-state index contributed by atoms with van der Waals surface area (Å²) < 4.78 is 0. The Hall–Kier alpha value is -1.67. The van der Waals surface area contributed by atoms with E-state index in [0.717, 1.165) is 18.5 Å². The lowest BCUT2D eigenvalue weighted by molar-refractivity contribution is 0.404. The van der Waals surface area contributed by atoms with Gasteiger partial charge in [-0.05, 0) is 23.6 Å². The van der Waals surface area contributed by atoms with Crippen LogP contribution in [0.25, 0.3) is 0 Å². The number of rotatable bonds is 5. The second-order valence-corrected chi connectivity index (χ2v) is 5.91. The van der Waals surface area contributed by atoms with E-state index in [4.69, 9.17) is 5.73 Å². The van der Waals surface area contributed by atoms with E-state index < -0.39 is 0 Å². The van der Waals surface area contributed by atoms with Crippen molar-refractivity contribution in [2.24, 2.45) is 5.73 Å². The normalized spacial score (nSPS) is 13.2. The van der Waals surface area contributed by atoms with Crippen LogP contribution >= 0.6 is 0 Å². The topological polar surface area (TPSA) is 38.9 Å². The molecule has 0 saturated heterocycles. The minimum atomic E-state index is -0.0631. The van der Waals surface area contributed by atoms with Gasteiger partial charge in [0.25, 0.3) is 0 Å². The first-order valence-electron chi connectivity index (χ1n) is 7.29. The highest BCUT2D eigenvalue weighted by Crippen LogP contribution is 2.27. The van der Waals surface area contributed by atoms with E-state index in [1.807, 2.05) is 12.3 Å². The third kappa shape index (κ3) is 3.26. The molecule has 1 heterocycles. The zero-order chi connectivity index (χ0) is 14.6. The zero-order valence-corrected chi connectivity index (χ0v) is 12.6. The number of aryl methyl sites for hydroxylation is 1. The second kappa shape index (κ2) is 6.19. The number of hydrogen-bond donors (Lipinski definition) is 1. The SMILES string of the molecule is CCc1ccc(CC(N)C(C)(C)c2ccccc2)nc1. The minimum Gasteiger partial charge on any atom is -0.327 e. The molecule has 2 nitrogen and oxygen atoms in total. The monoisotopic (exact) mass is 268 g/mol. The molecule has 0 aliphatic rings. The van der Waals surface area contributed by atoms with Crippen LogP contribution in [0.5, 0.6) is 0 Å². The predicted octanol–water partition coefficient (Wildman–Crippen LogP) is 3.49. The van der Waals surface area contributed by atoms with E-state index in [2.05, 4.69) is 62.2 Å². The number of hydrogen-bond acceptors (Lipinski definition) is 2. The molecule has 0 radical (unpaired) electrons. The lowest BCUT2D eigenvalue weighted by Gasteiger charge is -2.32. The van der Waals surface area contributed by atoms with Crippen LogP contribution in [0.1, 0.15) is 37.6 Å². The Morgan fingerprint density at radius 2 is 1.80 bits per heavy atom. The van der Waals surface area contributed by atoms with E-state index in [0.29, 0.717) is 0 Å². The average Bonchev–Trinajstić information content (AvgIpc) is 2.49. The van der Waals surface area contributed by atoms with Gasteiger partial charge in [0.15, 0.2) is 0 Å². The molecule has 1 unspecified atom stereocenters. The van der Waals surface area contributed by atoms with Gasteiger partial charge in [-0.25, -0.2) is 0 Å². The fourth-order valence-electron chi connectivity index (χ4n) is 2.35. The molecule has 2 rings (SSSR count). The van der Waals surface area contributed by atoms with Gasteiger partial charge in [-0.15, -0.1) is 0 Å². The van der Waals surface area contributed by atoms with E-state index in [9.17, 15) is 0 Å². The Bertz CT molecular complexity index is 529. The molecule has 0 spiro atoms. The molecular weight excluding hydrogens is 244 g/mol. The van der Waals surface area contributed by atoms with Gasteiger partial charge in [-0.2, -0.15) is 0 Å². The molecule has 1 aromatic heterocycles. The summed E-state index contributed by atoms with van der Waals surface area (Å²) in [5, 5.41) is 0. The van der Waals surface area contributed by atoms with Crippen molar-refractivity contribution < 1.29 is 0 Å². The Morgan fingerprint density at radius 3 is 2.35 bits per heavy atom. The number of pyridine rings is 1. The first kappa shape index (κ1) is 14.7. The van der Waals surface area contributed by atoms with Gasteiger partial charge in [0.1, 0.15) is 0 Å². The largest absolute Gasteiger partial charge is 0.327 e. The molecule has 106 valence electrons. The maximum atomic E-state index is 6.45. The zero-order valence-electron chi connectivity index (χ0n) is 12.6. The molecule has 2 N–H and O–H groups in total. The van der Waals surface area contributed by atoms with Crippen LogP contribution in [0.4, 0.5) is 0 Å². The molecule has 2 aromatic rings. The highest BCUT2D eigenvalue weighted by atomic mass is 14.7. The van der Waals surface area contributed by atoms with Crippen molar-refractivity contribution in [2.75, 3.05) is 0 Å². The quantitative estimate of drug-likeness (QED) is 0.901. The molecule has 0 saturated carbocycles. The van der Waals surface area contributed by atoms with Crippen LogP contribution in [0, 0.1) is 0 Å². The lowest BCUT2D eigenvalue weighted by atomic mass is 9.76. The maximum Gasteiger partial charge on any atom is 0.0419 e. The molecule has 0 aliphatic heterocycles. The molecule has 0 amide bonds. The molecule has 0 bridgehead atoms.